The summed E-state index contributed by atoms with van der Waals surface area (Å²) < 4.78 is 10.6. The van der Waals surface area contributed by atoms with E-state index in [4.69, 9.17) is 26.8 Å². The number of hydrogen-bond donors (Lipinski definition) is 1. The third kappa shape index (κ3) is 3.77. The quantitative estimate of drug-likeness (QED) is 0.486. The van der Waals surface area contributed by atoms with E-state index in [9.17, 15) is 15.4 Å². The van der Waals surface area contributed by atoms with E-state index in [1.165, 1.54) is 32.4 Å². The molecule has 0 bridgehead atoms. The number of methoxy groups -OCH3 is 2. The number of non-ortho nitro benzene ring substituents is 1. The summed E-state index contributed by atoms with van der Waals surface area (Å²) in [5, 5.41) is 21.0. The zero-order valence-corrected chi connectivity index (χ0v) is 16.2. The summed E-state index contributed by atoms with van der Waals surface area (Å²) >= 11 is 6.27. The number of halogens is 1. The lowest BCUT2D eigenvalue weighted by Gasteiger charge is -2.13. The molecule has 3 aromatic rings. The number of nitro benzene ring substituents is 1. The number of nitrogens with two attached hydrogens (primary N) is 1. The number of ether oxygens (including phenoxy) is 2. The molecule has 0 aliphatic rings. The van der Waals surface area contributed by atoms with Gasteiger partial charge in [-0.05, 0) is 30.3 Å². The summed E-state index contributed by atoms with van der Waals surface area (Å²) in [6.07, 6.45) is 0. The zero-order chi connectivity index (χ0) is 21.1. The summed E-state index contributed by atoms with van der Waals surface area (Å²) in [6.45, 7) is 0. The van der Waals surface area contributed by atoms with Crippen LogP contribution in [0.3, 0.4) is 0 Å². The molecule has 3 rings (SSSR count). The Morgan fingerprint density at radius 2 is 1.83 bits per heavy atom. The van der Waals surface area contributed by atoms with E-state index in [1.54, 1.807) is 24.3 Å². The van der Waals surface area contributed by atoms with E-state index in [0.29, 0.717) is 33.9 Å². The molecule has 8 nitrogen and oxygen atoms in total. The highest BCUT2D eigenvalue weighted by molar-refractivity contribution is 6.33. The van der Waals surface area contributed by atoms with Gasteiger partial charge in [0.05, 0.1) is 24.8 Å². The fourth-order valence-electron chi connectivity index (χ4n) is 2.87. The van der Waals surface area contributed by atoms with Gasteiger partial charge in [-0.2, -0.15) is 5.26 Å². The van der Waals surface area contributed by atoms with Gasteiger partial charge in [0.25, 0.3) is 5.69 Å². The van der Waals surface area contributed by atoms with Crippen LogP contribution in [0.25, 0.3) is 22.4 Å². The van der Waals surface area contributed by atoms with Crippen molar-refractivity contribution in [1.29, 1.82) is 5.26 Å². The first-order chi connectivity index (χ1) is 13.9. The molecule has 1 aromatic heterocycles. The lowest BCUT2D eigenvalue weighted by atomic mass is 9.98. The Kier molecular flexibility index (Phi) is 5.52. The summed E-state index contributed by atoms with van der Waals surface area (Å²) in [6, 6.07) is 12.8. The Balaban J connectivity index is 2.26. The van der Waals surface area contributed by atoms with E-state index in [1.807, 2.05) is 6.07 Å². The van der Waals surface area contributed by atoms with Gasteiger partial charge in [-0.15, -0.1) is 0 Å². The van der Waals surface area contributed by atoms with E-state index in [0.717, 1.165) is 0 Å². The van der Waals surface area contributed by atoms with Crippen LogP contribution in [-0.2, 0) is 0 Å². The van der Waals surface area contributed by atoms with Crippen molar-refractivity contribution >= 4 is 23.1 Å². The van der Waals surface area contributed by atoms with Crippen LogP contribution >= 0.6 is 11.6 Å². The van der Waals surface area contributed by atoms with Crippen molar-refractivity contribution in [2.45, 2.75) is 0 Å². The molecule has 0 aliphatic carbocycles. The number of pyridine rings is 1. The van der Waals surface area contributed by atoms with Crippen molar-refractivity contribution in [2.24, 2.45) is 0 Å². The van der Waals surface area contributed by atoms with Gasteiger partial charge in [0.1, 0.15) is 17.5 Å². The second kappa shape index (κ2) is 8.04. The van der Waals surface area contributed by atoms with Crippen LogP contribution in [0.1, 0.15) is 5.56 Å². The standard InChI is InChI=1S/C20H15ClN4O4/c1-28-18-6-3-11(7-19(18)29-2)17-9-13(15(10-22)20(23)24-17)14-8-12(25(26)27)4-5-16(14)21/h3-9H,1-2H3,(H2,23,24). The SMILES string of the molecule is COc1ccc(-c2cc(-c3cc([N+](=O)[O-])ccc3Cl)c(C#N)c(N)n2)cc1OC. The van der Waals surface area contributed by atoms with Gasteiger partial charge in [0.2, 0.25) is 0 Å². The lowest BCUT2D eigenvalue weighted by Crippen LogP contribution is -2.01. The first kappa shape index (κ1) is 19.9. The maximum atomic E-state index is 11.2. The van der Waals surface area contributed by atoms with Gasteiger partial charge in [0.15, 0.2) is 11.5 Å². The topological polar surface area (TPSA) is 124 Å². The van der Waals surface area contributed by atoms with E-state index in [2.05, 4.69) is 4.98 Å². The predicted octanol–water partition coefficient (Wildman–Crippen LogP) is 4.45. The van der Waals surface area contributed by atoms with Gasteiger partial charge < -0.3 is 15.2 Å². The molecular formula is C20H15ClN4O4. The Bertz CT molecular complexity index is 1160. The molecule has 0 aliphatic heterocycles. The number of nitriles is 1. The summed E-state index contributed by atoms with van der Waals surface area (Å²) in [7, 11) is 3.04. The highest BCUT2D eigenvalue weighted by Crippen LogP contribution is 2.38. The smallest absolute Gasteiger partial charge is 0.270 e. The van der Waals surface area contributed by atoms with Crippen molar-refractivity contribution < 1.29 is 14.4 Å². The van der Waals surface area contributed by atoms with Crippen LogP contribution in [0, 0.1) is 21.4 Å². The molecule has 29 heavy (non-hydrogen) atoms. The summed E-state index contributed by atoms with van der Waals surface area (Å²) in [4.78, 5) is 14.9. The maximum absolute atomic E-state index is 11.2. The normalized spacial score (nSPS) is 10.3. The molecule has 2 aromatic carbocycles. The molecule has 0 radical (unpaired) electrons. The predicted molar refractivity (Wildman–Crippen MR) is 109 cm³/mol. The van der Waals surface area contributed by atoms with Crippen molar-refractivity contribution in [3.8, 4) is 40.0 Å². The molecule has 1 heterocycles. The average Bonchev–Trinajstić information content (AvgIpc) is 2.72. The highest BCUT2D eigenvalue weighted by Gasteiger charge is 2.19. The van der Waals surface area contributed by atoms with Crippen LogP contribution in [0.5, 0.6) is 11.5 Å². The molecule has 2 N–H and O–H groups in total. The van der Waals surface area contributed by atoms with Gasteiger partial charge in [-0.3, -0.25) is 10.1 Å². The van der Waals surface area contributed by atoms with Crippen LogP contribution in [-0.4, -0.2) is 24.1 Å². The number of nitrogens with zero attached hydrogens (tertiary/aromatic N) is 3. The van der Waals surface area contributed by atoms with Gasteiger partial charge >= 0.3 is 0 Å². The largest absolute Gasteiger partial charge is 0.493 e. The minimum absolute atomic E-state index is 0.0163. The Morgan fingerprint density at radius 3 is 2.45 bits per heavy atom. The molecule has 0 fully saturated rings. The second-order valence-corrected chi connectivity index (χ2v) is 6.33. The monoisotopic (exact) mass is 410 g/mol. The number of nitro groups is 1. The molecule has 0 spiro atoms. The molecule has 9 heteroatoms. The first-order valence-corrected chi connectivity index (χ1v) is 8.64. The number of hydrogen-bond acceptors (Lipinski definition) is 7. The number of aromatic nitrogens is 1. The van der Waals surface area contributed by atoms with Crippen molar-refractivity contribution in [1.82, 2.24) is 4.98 Å². The van der Waals surface area contributed by atoms with Crippen molar-refractivity contribution in [3.05, 3.63) is 63.2 Å². The first-order valence-electron chi connectivity index (χ1n) is 8.27. The van der Waals surface area contributed by atoms with Crippen LogP contribution < -0.4 is 15.2 Å². The van der Waals surface area contributed by atoms with Crippen LogP contribution in [0.2, 0.25) is 5.02 Å². The molecular weight excluding hydrogens is 396 g/mol. The van der Waals surface area contributed by atoms with E-state index in [-0.39, 0.29) is 22.1 Å². The lowest BCUT2D eigenvalue weighted by molar-refractivity contribution is -0.384. The molecule has 0 atom stereocenters. The fourth-order valence-corrected chi connectivity index (χ4v) is 3.09. The van der Waals surface area contributed by atoms with E-state index < -0.39 is 4.92 Å². The molecule has 0 unspecified atom stereocenters. The minimum atomic E-state index is -0.536. The summed E-state index contributed by atoms with van der Waals surface area (Å²) in [5.74, 6) is 1.02. The Morgan fingerprint density at radius 1 is 1.10 bits per heavy atom. The number of benzene rings is 2. The van der Waals surface area contributed by atoms with Gasteiger partial charge in [-0.1, -0.05) is 11.6 Å². The maximum Gasteiger partial charge on any atom is 0.270 e. The Hall–Kier alpha value is -3.83. The number of nitrogen functional groups attached to an aromatic ring is 1. The average molecular weight is 411 g/mol. The molecule has 0 amide bonds. The number of rotatable bonds is 5. The molecule has 146 valence electrons. The van der Waals surface area contributed by atoms with Gasteiger partial charge in [0, 0.05) is 33.8 Å². The molecule has 0 saturated heterocycles. The van der Waals surface area contributed by atoms with Crippen LogP contribution in [0.15, 0.2) is 42.5 Å². The minimum Gasteiger partial charge on any atom is -0.493 e. The fraction of sp³-hybridized carbons (Fsp3) is 0.100. The zero-order valence-electron chi connectivity index (χ0n) is 15.5. The van der Waals surface area contributed by atoms with E-state index >= 15 is 0 Å². The van der Waals surface area contributed by atoms with Crippen LogP contribution in [0.4, 0.5) is 11.5 Å². The Labute approximate surface area is 171 Å². The third-order valence-electron chi connectivity index (χ3n) is 4.29. The van der Waals surface area contributed by atoms with Crippen molar-refractivity contribution in [2.75, 3.05) is 20.0 Å². The number of anilines is 1. The second-order valence-electron chi connectivity index (χ2n) is 5.92. The summed E-state index contributed by atoms with van der Waals surface area (Å²) in [5.41, 5.74) is 7.70. The molecule has 0 saturated carbocycles. The third-order valence-corrected chi connectivity index (χ3v) is 4.62. The van der Waals surface area contributed by atoms with Crippen molar-refractivity contribution in [3.63, 3.8) is 0 Å². The van der Waals surface area contributed by atoms with Gasteiger partial charge in [-0.25, -0.2) is 4.98 Å². The highest BCUT2D eigenvalue weighted by atomic mass is 35.5.